The van der Waals surface area contributed by atoms with Gasteiger partial charge in [0, 0.05) is 5.57 Å². The summed E-state index contributed by atoms with van der Waals surface area (Å²) in [7, 11) is 0. The van der Waals surface area contributed by atoms with E-state index in [1.807, 2.05) is 6.07 Å². The third-order valence-electron chi connectivity index (χ3n) is 3.64. The number of esters is 1. The quantitative estimate of drug-likeness (QED) is 0.397. The van der Waals surface area contributed by atoms with Crippen LogP contribution in [0.3, 0.4) is 0 Å². The Morgan fingerprint density at radius 2 is 1.95 bits per heavy atom. The van der Waals surface area contributed by atoms with Crippen LogP contribution in [0.15, 0.2) is 34.8 Å². The molecule has 1 unspecified atom stereocenters. The van der Waals surface area contributed by atoms with Crippen LogP contribution in [0.25, 0.3) is 0 Å². The second kappa shape index (κ2) is 9.09. The van der Waals surface area contributed by atoms with Crippen molar-refractivity contribution in [2.75, 3.05) is 6.61 Å². The van der Waals surface area contributed by atoms with E-state index in [-0.39, 0.29) is 5.57 Å². The van der Waals surface area contributed by atoms with Crippen molar-refractivity contribution in [2.45, 2.75) is 53.4 Å². The first-order valence-corrected chi connectivity index (χ1v) is 7.87. The number of hydrogen-bond donors (Lipinski definition) is 0. The lowest BCUT2D eigenvalue weighted by Gasteiger charge is -2.16. The van der Waals surface area contributed by atoms with Gasteiger partial charge in [0.1, 0.15) is 23.2 Å². The summed E-state index contributed by atoms with van der Waals surface area (Å²) in [6.45, 7) is 8.18. The van der Waals surface area contributed by atoms with Crippen LogP contribution in [0.4, 0.5) is 0 Å². The largest absolute Gasteiger partial charge is 0.467 e. The zero-order valence-corrected chi connectivity index (χ0v) is 13.9. The van der Waals surface area contributed by atoms with Gasteiger partial charge in [-0.15, -0.1) is 0 Å². The standard InChI is InChI=1S/C18H25NO3/c1-5-7-8-15(6-2)12-21-18(20)17(11-19)16-9-13(3)22-14(4)10-16/h9-10,15H,5-8,12H2,1-4H3. The second-order valence-corrected chi connectivity index (χ2v) is 5.57. The van der Waals surface area contributed by atoms with Gasteiger partial charge in [0.15, 0.2) is 0 Å². The molecule has 0 radical (unpaired) electrons. The van der Waals surface area contributed by atoms with Gasteiger partial charge >= 0.3 is 5.97 Å². The van der Waals surface area contributed by atoms with E-state index in [1.54, 1.807) is 26.0 Å². The van der Waals surface area contributed by atoms with E-state index in [2.05, 4.69) is 13.8 Å². The van der Waals surface area contributed by atoms with Gasteiger partial charge in [-0.2, -0.15) is 5.26 Å². The lowest BCUT2D eigenvalue weighted by molar-refractivity contribution is -0.140. The van der Waals surface area contributed by atoms with Crippen LogP contribution >= 0.6 is 0 Å². The Morgan fingerprint density at radius 3 is 2.45 bits per heavy atom. The topological polar surface area (TPSA) is 59.3 Å². The molecule has 22 heavy (non-hydrogen) atoms. The molecule has 4 nitrogen and oxygen atoms in total. The first-order chi connectivity index (χ1) is 10.5. The number of allylic oxidation sites excluding steroid dienone is 5. The lowest BCUT2D eigenvalue weighted by atomic mass is 10.0. The van der Waals surface area contributed by atoms with Gasteiger partial charge < -0.3 is 9.47 Å². The van der Waals surface area contributed by atoms with Crippen LogP contribution in [0.5, 0.6) is 0 Å². The number of unbranched alkanes of at least 4 members (excludes halogenated alkanes) is 1. The number of nitrogens with zero attached hydrogens (tertiary/aromatic N) is 1. The van der Waals surface area contributed by atoms with E-state index in [4.69, 9.17) is 9.47 Å². The molecule has 0 aliphatic carbocycles. The number of rotatable bonds is 7. The molecule has 1 aliphatic heterocycles. The Hall–Kier alpha value is -2.02. The van der Waals surface area contributed by atoms with Crippen LogP contribution in [-0.4, -0.2) is 12.6 Å². The minimum atomic E-state index is -0.553. The van der Waals surface area contributed by atoms with Crippen molar-refractivity contribution < 1.29 is 14.3 Å². The molecule has 1 rings (SSSR count). The molecule has 0 saturated heterocycles. The fraction of sp³-hybridized carbons (Fsp3) is 0.556. The molecule has 1 atom stereocenters. The third-order valence-corrected chi connectivity index (χ3v) is 3.64. The Morgan fingerprint density at radius 1 is 1.32 bits per heavy atom. The van der Waals surface area contributed by atoms with Gasteiger partial charge in [0.2, 0.25) is 0 Å². The van der Waals surface area contributed by atoms with E-state index in [0.29, 0.717) is 29.6 Å². The van der Waals surface area contributed by atoms with Gasteiger partial charge in [-0.1, -0.05) is 33.1 Å². The molecule has 0 aromatic heterocycles. The SMILES string of the molecule is CCCCC(CC)COC(=O)C(C#N)=C1C=C(C)OC(C)=C1. The van der Waals surface area contributed by atoms with Crippen LogP contribution < -0.4 is 0 Å². The zero-order chi connectivity index (χ0) is 16.5. The number of carbonyl (C=O) groups is 1. The molecule has 0 fully saturated rings. The summed E-state index contributed by atoms with van der Waals surface area (Å²) >= 11 is 0. The molecule has 1 aliphatic rings. The van der Waals surface area contributed by atoms with Crippen LogP contribution in [0.1, 0.15) is 53.4 Å². The zero-order valence-electron chi connectivity index (χ0n) is 13.9. The number of nitriles is 1. The normalized spacial score (nSPS) is 15.1. The Labute approximate surface area is 133 Å². The van der Waals surface area contributed by atoms with Crippen molar-refractivity contribution in [3.05, 3.63) is 34.8 Å². The smallest absolute Gasteiger partial charge is 0.349 e. The number of ether oxygens (including phenoxy) is 2. The summed E-state index contributed by atoms with van der Waals surface area (Å²) in [5.74, 6) is 1.12. The molecule has 0 aromatic carbocycles. The van der Waals surface area contributed by atoms with Crippen LogP contribution in [-0.2, 0) is 14.3 Å². The average molecular weight is 303 g/mol. The fourth-order valence-corrected chi connectivity index (χ4v) is 2.33. The summed E-state index contributed by atoms with van der Waals surface area (Å²) < 4.78 is 10.7. The average Bonchev–Trinajstić information content (AvgIpc) is 2.47. The lowest BCUT2D eigenvalue weighted by Crippen LogP contribution is -2.16. The molecule has 4 heteroatoms. The molecule has 0 N–H and O–H groups in total. The van der Waals surface area contributed by atoms with Gasteiger partial charge in [-0.25, -0.2) is 4.79 Å². The Kier molecular flexibility index (Phi) is 7.45. The van der Waals surface area contributed by atoms with Crippen molar-refractivity contribution in [3.63, 3.8) is 0 Å². The number of carbonyl (C=O) groups excluding carboxylic acids is 1. The van der Waals surface area contributed by atoms with E-state index < -0.39 is 5.97 Å². The van der Waals surface area contributed by atoms with E-state index >= 15 is 0 Å². The number of hydrogen-bond acceptors (Lipinski definition) is 4. The van der Waals surface area contributed by atoms with Gasteiger partial charge in [-0.05, 0) is 38.3 Å². The predicted molar refractivity (Wildman–Crippen MR) is 85.5 cm³/mol. The fourth-order valence-electron chi connectivity index (χ4n) is 2.33. The highest BCUT2D eigenvalue weighted by Crippen LogP contribution is 2.22. The molecule has 0 aromatic rings. The monoisotopic (exact) mass is 303 g/mol. The summed E-state index contributed by atoms with van der Waals surface area (Å²) in [6.07, 6.45) is 7.64. The molecule has 0 bridgehead atoms. The molecular weight excluding hydrogens is 278 g/mol. The van der Waals surface area contributed by atoms with Crippen molar-refractivity contribution in [2.24, 2.45) is 5.92 Å². The highest BCUT2D eigenvalue weighted by molar-refractivity contribution is 5.95. The van der Waals surface area contributed by atoms with Crippen molar-refractivity contribution in [1.29, 1.82) is 5.26 Å². The molecule has 0 saturated carbocycles. The summed E-state index contributed by atoms with van der Waals surface area (Å²) in [5, 5.41) is 9.28. The first-order valence-electron chi connectivity index (χ1n) is 7.87. The maximum atomic E-state index is 12.2. The maximum Gasteiger partial charge on any atom is 0.349 e. The van der Waals surface area contributed by atoms with Gasteiger partial charge in [-0.3, -0.25) is 0 Å². The molecule has 0 spiro atoms. The summed E-state index contributed by atoms with van der Waals surface area (Å²) in [5.41, 5.74) is 0.586. The van der Waals surface area contributed by atoms with Gasteiger partial charge in [0.05, 0.1) is 6.61 Å². The highest BCUT2D eigenvalue weighted by atomic mass is 16.5. The Balaban J connectivity index is 2.77. The van der Waals surface area contributed by atoms with Crippen molar-refractivity contribution >= 4 is 5.97 Å². The minimum absolute atomic E-state index is 0.0346. The Bertz CT molecular complexity index is 515. The summed E-state index contributed by atoms with van der Waals surface area (Å²) in [4.78, 5) is 12.2. The molecule has 120 valence electrons. The molecular formula is C18H25NO3. The van der Waals surface area contributed by atoms with Gasteiger partial charge in [0.25, 0.3) is 0 Å². The molecule has 1 heterocycles. The van der Waals surface area contributed by atoms with Crippen LogP contribution in [0, 0.1) is 17.2 Å². The van der Waals surface area contributed by atoms with E-state index in [0.717, 1.165) is 25.7 Å². The second-order valence-electron chi connectivity index (χ2n) is 5.57. The van der Waals surface area contributed by atoms with Crippen LogP contribution in [0.2, 0.25) is 0 Å². The third kappa shape index (κ3) is 5.40. The van der Waals surface area contributed by atoms with Crippen molar-refractivity contribution in [1.82, 2.24) is 0 Å². The maximum absolute atomic E-state index is 12.2. The van der Waals surface area contributed by atoms with E-state index in [9.17, 15) is 10.1 Å². The summed E-state index contributed by atoms with van der Waals surface area (Å²) in [6, 6.07) is 1.96. The highest BCUT2D eigenvalue weighted by Gasteiger charge is 2.19. The minimum Gasteiger partial charge on any atom is -0.467 e. The first kappa shape index (κ1) is 18.0. The van der Waals surface area contributed by atoms with E-state index in [1.165, 1.54) is 0 Å². The molecule has 0 amide bonds. The van der Waals surface area contributed by atoms with Crippen molar-refractivity contribution in [3.8, 4) is 6.07 Å². The predicted octanol–water partition coefficient (Wildman–Crippen LogP) is 4.40.